The first-order valence-corrected chi connectivity index (χ1v) is 6.24. The van der Waals surface area contributed by atoms with Crippen LogP contribution in [0.1, 0.15) is 5.69 Å². The van der Waals surface area contributed by atoms with E-state index in [9.17, 15) is 8.42 Å². The molecule has 0 saturated carbocycles. The van der Waals surface area contributed by atoms with Crippen LogP contribution in [0.5, 0.6) is 0 Å². The van der Waals surface area contributed by atoms with Crippen LogP contribution in [0.3, 0.4) is 0 Å². The third kappa shape index (κ3) is 3.27. The molecule has 0 aliphatic carbocycles. The van der Waals surface area contributed by atoms with Gasteiger partial charge in [0.2, 0.25) is 0 Å². The fourth-order valence-electron chi connectivity index (χ4n) is 1.29. The first-order valence-electron chi connectivity index (χ1n) is 4.69. The predicted molar refractivity (Wildman–Crippen MR) is 58.0 cm³/mol. The van der Waals surface area contributed by atoms with Crippen molar-refractivity contribution in [1.82, 2.24) is 14.7 Å². The normalized spacial score (nSPS) is 12.3. The minimum Gasteiger partial charge on any atom is -0.395 e. The molecule has 1 aromatic rings. The molecule has 0 unspecified atom stereocenters. The first kappa shape index (κ1) is 13.1. The lowest BCUT2D eigenvalue weighted by atomic mass is 10.4. The summed E-state index contributed by atoms with van der Waals surface area (Å²) in [6.45, 7) is 1.06. The van der Waals surface area contributed by atoms with E-state index in [2.05, 4.69) is 5.10 Å². The molecule has 0 aliphatic rings. The number of aryl methyl sites for hydroxylation is 1. The smallest absolute Gasteiger partial charge is 0.257 e. The highest BCUT2D eigenvalue weighted by molar-refractivity contribution is 7.89. The van der Waals surface area contributed by atoms with Gasteiger partial charge < -0.3 is 5.11 Å². The number of aliphatic hydroxyl groups is 1. The highest BCUT2D eigenvalue weighted by atomic mass is 32.2. The molecule has 0 saturated heterocycles. The van der Waals surface area contributed by atoms with Gasteiger partial charge in [-0.2, -0.15) is 5.10 Å². The molecule has 0 spiro atoms. The number of aromatic nitrogens is 2. The first-order chi connectivity index (χ1) is 7.34. The minimum atomic E-state index is -3.75. The Kier molecular flexibility index (Phi) is 4.03. The molecule has 1 aromatic heterocycles. The zero-order valence-corrected chi connectivity index (χ0v) is 10.1. The Balaban J connectivity index is 2.87. The third-order valence-electron chi connectivity index (χ3n) is 2.16. The van der Waals surface area contributed by atoms with Crippen molar-refractivity contribution >= 4 is 10.0 Å². The number of hydrogen-bond acceptors (Lipinski definition) is 5. The summed E-state index contributed by atoms with van der Waals surface area (Å²) in [4.78, 5) is 1.85. The monoisotopic (exact) mass is 248 g/mol. The fourth-order valence-corrected chi connectivity index (χ4v) is 1.83. The molecule has 0 amide bonds. The van der Waals surface area contributed by atoms with Gasteiger partial charge in [-0.1, -0.05) is 0 Å². The van der Waals surface area contributed by atoms with Crippen LogP contribution in [0, 0.1) is 0 Å². The van der Waals surface area contributed by atoms with Gasteiger partial charge >= 0.3 is 0 Å². The topological polar surface area (TPSA) is 101 Å². The van der Waals surface area contributed by atoms with Crippen LogP contribution in [0.2, 0.25) is 0 Å². The van der Waals surface area contributed by atoms with E-state index in [-0.39, 0.29) is 11.6 Å². The van der Waals surface area contributed by atoms with E-state index in [1.807, 2.05) is 11.9 Å². The average Bonchev–Trinajstić information content (AvgIpc) is 2.47. The van der Waals surface area contributed by atoms with Crippen LogP contribution < -0.4 is 5.14 Å². The summed E-state index contributed by atoms with van der Waals surface area (Å²) in [5.41, 5.74) is 0.722. The number of nitrogens with zero attached hydrogens (tertiary/aromatic N) is 3. The SMILES string of the molecule is CN(CCO)Cc1cc(S(N)(=O)=O)nn1C. The Morgan fingerprint density at radius 2 is 2.25 bits per heavy atom. The van der Waals surface area contributed by atoms with E-state index < -0.39 is 10.0 Å². The van der Waals surface area contributed by atoms with E-state index in [1.54, 1.807) is 7.05 Å². The zero-order chi connectivity index (χ0) is 12.3. The Bertz CT molecular complexity index is 454. The number of hydrogen-bond donors (Lipinski definition) is 2. The Morgan fingerprint density at radius 1 is 1.62 bits per heavy atom. The molecule has 0 aliphatic heterocycles. The largest absolute Gasteiger partial charge is 0.395 e. The molecular formula is C8H16N4O3S. The van der Waals surface area contributed by atoms with Crippen LogP contribution in [-0.4, -0.2) is 48.4 Å². The van der Waals surface area contributed by atoms with Gasteiger partial charge in [-0.25, -0.2) is 13.6 Å². The molecule has 0 atom stereocenters. The van der Waals surface area contributed by atoms with E-state index in [1.165, 1.54) is 10.7 Å². The van der Waals surface area contributed by atoms with Crippen molar-refractivity contribution in [1.29, 1.82) is 0 Å². The lowest BCUT2D eigenvalue weighted by molar-refractivity contribution is 0.214. The van der Waals surface area contributed by atoms with E-state index in [0.29, 0.717) is 13.1 Å². The van der Waals surface area contributed by atoms with Gasteiger partial charge in [0.25, 0.3) is 10.0 Å². The second-order valence-corrected chi connectivity index (χ2v) is 5.11. The predicted octanol–water partition coefficient (Wildman–Crippen LogP) is -1.51. The summed E-state index contributed by atoms with van der Waals surface area (Å²) in [6, 6.07) is 1.43. The number of likely N-dealkylation sites (N-methyl/N-ethyl adjacent to an activating group) is 1. The Labute approximate surface area is 94.5 Å². The molecule has 0 bridgehead atoms. The summed E-state index contributed by atoms with van der Waals surface area (Å²) in [5, 5.41) is 17.4. The second-order valence-electron chi connectivity index (χ2n) is 3.60. The van der Waals surface area contributed by atoms with Gasteiger partial charge in [0.15, 0.2) is 5.03 Å². The molecule has 3 N–H and O–H groups in total. The maximum Gasteiger partial charge on any atom is 0.257 e. The summed E-state index contributed by atoms with van der Waals surface area (Å²) >= 11 is 0. The average molecular weight is 248 g/mol. The van der Waals surface area contributed by atoms with E-state index >= 15 is 0 Å². The third-order valence-corrected chi connectivity index (χ3v) is 2.94. The maximum atomic E-state index is 11.1. The highest BCUT2D eigenvalue weighted by Crippen LogP contribution is 2.09. The lowest BCUT2D eigenvalue weighted by Gasteiger charge is -2.14. The Hall–Kier alpha value is -0.960. The standard InChI is InChI=1S/C8H16N4O3S/c1-11(3-4-13)6-7-5-8(10-12(7)2)16(9,14)15/h5,13H,3-4,6H2,1-2H3,(H2,9,14,15). The van der Waals surface area contributed by atoms with Crippen molar-refractivity contribution in [2.45, 2.75) is 11.6 Å². The summed E-state index contributed by atoms with van der Waals surface area (Å²) < 4.78 is 23.6. The minimum absolute atomic E-state index is 0.0520. The number of sulfonamides is 1. The fraction of sp³-hybridized carbons (Fsp3) is 0.625. The molecule has 92 valence electrons. The Morgan fingerprint density at radius 3 is 2.69 bits per heavy atom. The lowest BCUT2D eigenvalue weighted by Crippen LogP contribution is -2.22. The molecule has 8 heteroatoms. The number of primary sulfonamides is 1. The van der Waals surface area contributed by atoms with Crippen LogP contribution in [-0.2, 0) is 23.6 Å². The van der Waals surface area contributed by atoms with Gasteiger partial charge in [-0.3, -0.25) is 9.58 Å². The molecule has 0 radical (unpaired) electrons. The molecule has 7 nitrogen and oxygen atoms in total. The van der Waals surface area contributed by atoms with E-state index in [0.717, 1.165) is 5.69 Å². The van der Waals surface area contributed by atoms with Crippen molar-refractivity contribution in [3.63, 3.8) is 0 Å². The van der Waals surface area contributed by atoms with Crippen molar-refractivity contribution in [2.24, 2.45) is 12.2 Å². The molecule has 0 fully saturated rings. The molecule has 16 heavy (non-hydrogen) atoms. The second kappa shape index (κ2) is 4.91. The van der Waals surface area contributed by atoms with Crippen molar-refractivity contribution in [3.8, 4) is 0 Å². The van der Waals surface area contributed by atoms with Crippen LogP contribution in [0.15, 0.2) is 11.1 Å². The van der Waals surface area contributed by atoms with Crippen molar-refractivity contribution < 1.29 is 13.5 Å². The molecule has 0 aromatic carbocycles. The maximum absolute atomic E-state index is 11.1. The van der Waals surface area contributed by atoms with Crippen LogP contribution >= 0.6 is 0 Å². The number of nitrogens with two attached hydrogens (primary N) is 1. The van der Waals surface area contributed by atoms with Crippen molar-refractivity contribution in [2.75, 3.05) is 20.2 Å². The highest BCUT2D eigenvalue weighted by Gasteiger charge is 2.15. The molecular weight excluding hydrogens is 232 g/mol. The molecule has 1 heterocycles. The van der Waals surface area contributed by atoms with Gasteiger partial charge in [-0.15, -0.1) is 0 Å². The van der Waals surface area contributed by atoms with Gasteiger partial charge in [0, 0.05) is 26.2 Å². The van der Waals surface area contributed by atoms with Crippen molar-refractivity contribution in [3.05, 3.63) is 11.8 Å². The quantitative estimate of drug-likeness (QED) is 0.660. The molecule has 1 rings (SSSR count). The summed E-state index contributed by atoms with van der Waals surface area (Å²) in [7, 11) is -0.284. The summed E-state index contributed by atoms with van der Waals surface area (Å²) in [6.07, 6.45) is 0. The van der Waals surface area contributed by atoms with E-state index in [4.69, 9.17) is 10.2 Å². The van der Waals surface area contributed by atoms with Crippen LogP contribution in [0.4, 0.5) is 0 Å². The number of rotatable bonds is 5. The van der Waals surface area contributed by atoms with Gasteiger partial charge in [0.05, 0.1) is 12.3 Å². The van der Waals surface area contributed by atoms with Gasteiger partial charge in [-0.05, 0) is 7.05 Å². The summed E-state index contributed by atoms with van der Waals surface area (Å²) in [5.74, 6) is 0. The zero-order valence-electron chi connectivity index (χ0n) is 9.29. The van der Waals surface area contributed by atoms with Crippen LogP contribution in [0.25, 0.3) is 0 Å². The number of aliphatic hydroxyl groups excluding tert-OH is 1. The van der Waals surface area contributed by atoms with Gasteiger partial charge in [0.1, 0.15) is 0 Å².